The molecular weight excluding hydrogens is 652 g/mol. The number of nitrogens with zero attached hydrogens (tertiary/aromatic N) is 4. The van der Waals surface area contributed by atoms with Crippen LogP contribution in [0.25, 0.3) is 0 Å². The molecule has 3 N–H and O–H groups in total. The molecule has 2 amide bonds. The van der Waals surface area contributed by atoms with Crippen molar-refractivity contribution >= 4 is 27.7 Å². The molecule has 3 aromatic rings. The summed E-state index contributed by atoms with van der Waals surface area (Å²) >= 11 is 0. The number of nitriles is 1. The third-order valence-corrected chi connectivity index (χ3v) is 12.1. The second-order valence-electron chi connectivity index (χ2n) is 12.1. The lowest BCUT2D eigenvalue weighted by atomic mass is 9.79. The number of piperazine rings is 1. The molecule has 5 unspecified atom stereocenters. The number of amides is 2. The molecule has 14 nitrogen and oxygen atoms in total. The maximum atomic E-state index is 15.4. The Kier molecular flexibility index (Phi) is 9.50. The first-order valence-corrected chi connectivity index (χ1v) is 17.5. The van der Waals surface area contributed by atoms with E-state index in [1.165, 1.54) is 38.6 Å². The molecule has 5 atom stereocenters. The molecule has 2 fully saturated rings. The number of piperidine rings is 1. The van der Waals surface area contributed by atoms with Gasteiger partial charge in [-0.15, -0.1) is 3.89 Å². The summed E-state index contributed by atoms with van der Waals surface area (Å²) < 4.78 is 45.9. The minimum absolute atomic E-state index is 0.143. The highest BCUT2D eigenvalue weighted by Gasteiger charge is 2.70. The second kappa shape index (κ2) is 13.6. The number of carbonyl (C=O) groups excluding carboxylic acids is 1. The number of hydrogen-bond donors (Lipinski definition) is 3. The van der Waals surface area contributed by atoms with Gasteiger partial charge in [0.05, 0.1) is 32.9 Å². The number of ether oxygens (including phenoxy) is 3. The molecule has 0 radical (unpaired) electrons. The number of benzene rings is 2. The molecule has 1 aromatic heterocycles. The van der Waals surface area contributed by atoms with E-state index in [1.807, 2.05) is 4.90 Å². The summed E-state index contributed by atoms with van der Waals surface area (Å²) in [6.45, 7) is 2.58. The minimum Gasteiger partial charge on any atom is -0.497 e. The minimum atomic E-state index is -5.04. The number of methoxy groups -OCH3 is 2. The molecule has 15 heteroatoms. The van der Waals surface area contributed by atoms with Crippen LogP contribution in [0, 0.1) is 11.3 Å². The van der Waals surface area contributed by atoms with Crippen molar-refractivity contribution in [3.05, 3.63) is 71.9 Å². The number of rotatable bonds is 9. The summed E-state index contributed by atoms with van der Waals surface area (Å²) in [5.74, 6) is -1.53. The number of para-hydroxylation sites is 1. The lowest BCUT2D eigenvalue weighted by Gasteiger charge is -2.55. The number of fused-ring (bicyclic) bond motifs is 1. The molecule has 4 heterocycles. The standard InChI is InChI=1S/C34H38N6O8S/c1-4-48-33-25(9-7-15-37-33)30-31(29-24-8-5-6-10-26(24)38-32(29)41)40(34(42)43,20-22(19-35)39(30)21-13-16-36-17-14-21)49(44,45)28-12-11-23(46-2)18-27(28)47-3/h5-12,15,18,21-22,29-31,36H,4,13-14,16-17,20H2,1-3H3,(H-,38,41,42,43)/p+1. The van der Waals surface area contributed by atoms with E-state index in [-0.39, 0.29) is 24.3 Å². The number of hydrogen-bond acceptors (Lipinski definition) is 11. The molecule has 258 valence electrons. The van der Waals surface area contributed by atoms with Crippen molar-refractivity contribution < 1.29 is 41.2 Å². The quantitative estimate of drug-likeness (QED) is 0.279. The van der Waals surface area contributed by atoms with Gasteiger partial charge in [-0.3, -0.25) is 9.69 Å². The van der Waals surface area contributed by atoms with Crippen LogP contribution >= 0.6 is 0 Å². The van der Waals surface area contributed by atoms with Crippen molar-refractivity contribution in [2.75, 3.05) is 45.8 Å². The van der Waals surface area contributed by atoms with Gasteiger partial charge < -0.3 is 30.0 Å². The van der Waals surface area contributed by atoms with Gasteiger partial charge in [-0.05, 0) is 62.7 Å². The molecule has 6 rings (SSSR count). The third-order valence-electron chi connectivity index (χ3n) is 9.79. The van der Waals surface area contributed by atoms with E-state index in [2.05, 4.69) is 21.7 Å². The largest absolute Gasteiger partial charge is 0.529 e. The molecule has 0 bridgehead atoms. The SMILES string of the molecule is CCOc1ncccc1C1C(C2C(=O)Nc3ccccc32)[N+](C(=O)O)(S(=O)(=O)c2ccc(OC)cc2OC)CC(C#N)N1C1CCNCC1. The zero-order valence-corrected chi connectivity index (χ0v) is 28.2. The van der Waals surface area contributed by atoms with Crippen LogP contribution in [0.4, 0.5) is 10.5 Å². The fourth-order valence-corrected chi connectivity index (χ4v) is 9.81. The van der Waals surface area contributed by atoms with Crippen LogP contribution in [0.15, 0.2) is 65.7 Å². The van der Waals surface area contributed by atoms with Crippen LogP contribution in [0.2, 0.25) is 0 Å². The lowest BCUT2D eigenvalue weighted by Crippen LogP contribution is -2.76. The van der Waals surface area contributed by atoms with E-state index in [1.54, 1.807) is 43.3 Å². The maximum Gasteiger partial charge on any atom is 0.529 e. The molecular formula is C34H39N6O8S+. The zero-order chi connectivity index (χ0) is 34.9. The van der Waals surface area contributed by atoms with Gasteiger partial charge in [0.25, 0.3) is 0 Å². The highest BCUT2D eigenvalue weighted by atomic mass is 32.2. The van der Waals surface area contributed by atoms with Gasteiger partial charge in [-0.1, -0.05) is 24.3 Å². The average Bonchev–Trinajstić information content (AvgIpc) is 3.45. The molecule has 2 aromatic carbocycles. The number of carbonyl (C=O) groups is 2. The molecule has 3 aliphatic heterocycles. The van der Waals surface area contributed by atoms with Gasteiger partial charge in [0, 0.05) is 29.6 Å². The number of aromatic nitrogens is 1. The fourth-order valence-electron chi connectivity index (χ4n) is 7.72. The summed E-state index contributed by atoms with van der Waals surface area (Å²) in [4.78, 5) is 34.4. The number of anilines is 1. The number of sulfonamides is 1. The number of nitrogens with one attached hydrogen (secondary N) is 2. The van der Waals surface area contributed by atoms with Crippen molar-refractivity contribution in [3.8, 4) is 23.4 Å². The van der Waals surface area contributed by atoms with E-state index in [4.69, 9.17) is 14.2 Å². The zero-order valence-electron chi connectivity index (χ0n) is 27.4. The summed E-state index contributed by atoms with van der Waals surface area (Å²) in [6.07, 6.45) is 0.993. The predicted octanol–water partition coefficient (Wildman–Crippen LogP) is 3.49. The van der Waals surface area contributed by atoms with Crippen LogP contribution in [0.3, 0.4) is 0 Å². The Labute approximate surface area is 284 Å². The molecule has 0 spiro atoms. The summed E-state index contributed by atoms with van der Waals surface area (Å²) in [6, 6.07) is 12.3. The van der Waals surface area contributed by atoms with Crippen molar-refractivity contribution in [2.45, 2.75) is 54.7 Å². The molecule has 2 saturated heterocycles. The monoisotopic (exact) mass is 691 g/mol. The maximum absolute atomic E-state index is 15.4. The van der Waals surface area contributed by atoms with E-state index >= 15 is 8.42 Å². The Morgan fingerprint density at radius 3 is 2.51 bits per heavy atom. The highest BCUT2D eigenvalue weighted by Crippen LogP contribution is 2.54. The van der Waals surface area contributed by atoms with E-state index in [0.717, 1.165) is 0 Å². The lowest BCUT2D eigenvalue weighted by molar-refractivity contribution is -0.778. The van der Waals surface area contributed by atoms with Gasteiger partial charge >= 0.3 is 16.1 Å². The molecule has 0 aliphatic carbocycles. The molecule has 3 aliphatic rings. The van der Waals surface area contributed by atoms with Crippen LogP contribution in [0.5, 0.6) is 17.4 Å². The first-order chi connectivity index (χ1) is 23.6. The number of pyridine rings is 1. The Morgan fingerprint density at radius 2 is 1.84 bits per heavy atom. The van der Waals surface area contributed by atoms with Gasteiger partial charge in [-0.25, -0.2) is 4.98 Å². The predicted molar refractivity (Wildman–Crippen MR) is 177 cm³/mol. The Hall–Kier alpha value is -4.75. The smallest absolute Gasteiger partial charge is 0.497 e. The van der Waals surface area contributed by atoms with Gasteiger partial charge in [0.1, 0.15) is 24.0 Å². The molecule has 0 saturated carbocycles. The first kappa shape index (κ1) is 34.1. The van der Waals surface area contributed by atoms with Gasteiger partial charge in [-0.2, -0.15) is 18.5 Å². The summed E-state index contributed by atoms with van der Waals surface area (Å²) in [5.41, 5.74) is 1.28. The van der Waals surface area contributed by atoms with Crippen molar-refractivity contribution in [2.24, 2.45) is 0 Å². The second-order valence-corrected chi connectivity index (χ2v) is 14.2. The third kappa shape index (κ3) is 5.54. The van der Waals surface area contributed by atoms with E-state index < -0.39 is 61.4 Å². The van der Waals surface area contributed by atoms with Crippen LogP contribution in [-0.4, -0.2) is 97.9 Å². The summed E-state index contributed by atoms with van der Waals surface area (Å²) in [5, 5.41) is 28.5. The molecule has 49 heavy (non-hydrogen) atoms. The summed E-state index contributed by atoms with van der Waals surface area (Å²) in [7, 11) is -2.36. The van der Waals surface area contributed by atoms with Crippen LogP contribution in [0.1, 0.15) is 42.9 Å². The van der Waals surface area contributed by atoms with Gasteiger partial charge in [0.2, 0.25) is 11.8 Å². The normalized spacial score (nSPS) is 25.9. The Bertz CT molecular complexity index is 1900. The van der Waals surface area contributed by atoms with E-state index in [0.29, 0.717) is 48.5 Å². The van der Waals surface area contributed by atoms with Crippen LogP contribution in [-0.2, 0) is 14.8 Å². The fraction of sp³-hybridized carbons (Fsp3) is 0.412. The van der Waals surface area contributed by atoms with E-state index in [9.17, 15) is 20.0 Å². The Morgan fingerprint density at radius 1 is 1.10 bits per heavy atom. The Balaban J connectivity index is 1.73. The number of carboxylic acid groups (broad SMARTS) is 1. The van der Waals surface area contributed by atoms with Crippen molar-refractivity contribution in [3.63, 3.8) is 0 Å². The van der Waals surface area contributed by atoms with Gasteiger partial charge in [0.15, 0.2) is 17.0 Å². The first-order valence-electron chi connectivity index (χ1n) is 16.1. The highest BCUT2D eigenvalue weighted by molar-refractivity contribution is 7.86. The van der Waals surface area contributed by atoms with Crippen molar-refractivity contribution in [1.29, 1.82) is 5.26 Å². The van der Waals surface area contributed by atoms with Crippen LogP contribution < -0.4 is 24.8 Å². The topological polar surface area (TPSA) is 180 Å². The number of quaternary nitrogens is 1. The van der Waals surface area contributed by atoms with Crippen molar-refractivity contribution in [1.82, 2.24) is 15.2 Å². The average molecular weight is 692 g/mol.